The maximum atomic E-state index is 2.42. The van der Waals surface area contributed by atoms with Crippen LogP contribution in [0.2, 0.25) is 0 Å². The fraction of sp³-hybridized carbons (Fsp3) is 1.00. The Bertz CT molecular complexity index is 127. The standard InChI is InChI=1S/C11H25N/c1-8-12(7)10(4)11(5,6)9(2)3/h9-10H,8H2,1-7H3. The second-order valence-electron chi connectivity index (χ2n) is 4.73. The number of hydrogen-bond donors (Lipinski definition) is 0. The molecule has 0 rings (SSSR count). The predicted molar refractivity (Wildman–Crippen MR) is 56.4 cm³/mol. The fourth-order valence-corrected chi connectivity index (χ4v) is 1.32. The Balaban J connectivity index is 4.34. The summed E-state index contributed by atoms with van der Waals surface area (Å²) in [5.74, 6) is 0.737. The van der Waals surface area contributed by atoms with Crippen LogP contribution in [-0.2, 0) is 0 Å². The highest BCUT2D eigenvalue weighted by atomic mass is 15.1. The van der Waals surface area contributed by atoms with Crippen LogP contribution in [0.15, 0.2) is 0 Å². The molecule has 0 aromatic heterocycles. The molecule has 0 fully saturated rings. The lowest BCUT2D eigenvalue weighted by atomic mass is 9.75. The van der Waals surface area contributed by atoms with Gasteiger partial charge in [0.25, 0.3) is 0 Å². The summed E-state index contributed by atoms with van der Waals surface area (Å²) < 4.78 is 0. The molecule has 0 N–H and O–H groups in total. The van der Waals surface area contributed by atoms with Crippen LogP contribution in [-0.4, -0.2) is 24.5 Å². The van der Waals surface area contributed by atoms with E-state index in [0.29, 0.717) is 11.5 Å². The Morgan fingerprint density at radius 1 is 1.17 bits per heavy atom. The molecule has 0 heterocycles. The normalized spacial score (nSPS) is 15.8. The first-order valence-electron chi connectivity index (χ1n) is 5.04. The maximum Gasteiger partial charge on any atom is 0.0117 e. The summed E-state index contributed by atoms with van der Waals surface area (Å²) >= 11 is 0. The Labute approximate surface area is 78.1 Å². The monoisotopic (exact) mass is 171 g/mol. The minimum absolute atomic E-state index is 0.408. The maximum absolute atomic E-state index is 2.42. The Morgan fingerprint density at radius 3 is 1.83 bits per heavy atom. The van der Waals surface area contributed by atoms with Crippen molar-refractivity contribution in [2.45, 2.75) is 47.6 Å². The van der Waals surface area contributed by atoms with Crippen LogP contribution in [0.3, 0.4) is 0 Å². The molecule has 0 saturated heterocycles. The van der Waals surface area contributed by atoms with Crippen molar-refractivity contribution in [3.05, 3.63) is 0 Å². The van der Waals surface area contributed by atoms with Crippen LogP contribution in [0.25, 0.3) is 0 Å². The highest BCUT2D eigenvalue weighted by Gasteiger charge is 2.31. The van der Waals surface area contributed by atoms with E-state index in [2.05, 4.69) is 53.5 Å². The Morgan fingerprint density at radius 2 is 1.58 bits per heavy atom. The molecule has 74 valence electrons. The van der Waals surface area contributed by atoms with Gasteiger partial charge in [0, 0.05) is 6.04 Å². The van der Waals surface area contributed by atoms with Gasteiger partial charge in [-0.15, -0.1) is 0 Å². The van der Waals surface area contributed by atoms with E-state index in [1.54, 1.807) is 0 Å². The van der Waals surface area contributed by atoms with Crippen molar-refractivity contribution in [1.82, 2.24) is 4.90 Å². The summed E-state index contributed by atoms with van der Waals surface area (Å²) in [5, 5.41) is 0. The molecule has 12 heavy (non-hydrogen) atoms. The van der Waals surface area contributed by atoms with Crippen molar-refractivity contribution < 1.29 is 0 Å². The lowest BCUT2D eigenvalue weighted by Gasteiger charge is -2.40. The first-order valence-corrected chi connectivity index (χ1v) is 5.04. The quantitative estimate of drug-likeness (QED) is 0.628. The second kappa shape index (κ2) is 4.27. The third-order valence-electron chi connectivity index (χ3n) is 3.72. The lowest BCUT2D eigenvalue weighted by Crippen LogP contribution is -2.43. The van der Waals surface area contributed by atoms with E-state index in [0.717, 1.165) is 12.5 Å². The van der Waals surface area contributed by atoms with Gasteiger partial charge in [-0.1, -0.05) is 34.6 Å². The van der Waals surface area contributed by atoms with Gasteiger partial charge in [0.05, 0.1) is 0 Å². The number of hydrogen-bond acceptors (Lipinski definition) is 1. The van der Waals surface area contributed by atoms with Gasteiger partial charge in [0.2, 0.25) is 0 Å². The number of nitrogens with zero attached hydrogens (tertiary/aromatic N) is 1. The van der Waals surface area contributed by atoms with E-state index in [1.807, 2.05) is 0 Å². The molecule has 0 saturated carbocycles. The lowest BCUT2D eigenvalue weighted by molar-refractivity contribution is 0.0873. The molecule has 0 aromatic carbocycles. The van der Waals surface area contributed by atoms with Gasteiger partial charge < -0.3 is 4.90 Å². The first-order chi connectivity index (χ1) is 5.34. The number of rotatable bonds is 4. The molecule has 0 aliphatic rings. The fourth-order valence-electron chi connectivity index (χ4n) is 1.32. The molecule has 0 radical (unpaired) electrons. The smallest absolute Gasteiger partial charge is 0.0117 e. The molecule has 0 bridgehead atoms. The van der Waals surface area contributed by atoms with Gasteiger partial charge in [-0.3, -0.25) is 0 Å². The average Bonchev–Trinajstić information content (AvgIpc) is 2.01. The molecule has 0 aliphatic heterocycles. The molecule has 1 nitrogen and oxygen atoms in total. The van der Waals surface area contributed by atoms with Crippen molar-refractivity contribution >= 4 is 0 Å². The zero-order chi connectivity index (χ0) is 9.94. The first kappa shape index (κ1) is 12.0. The predicted octanol–water partition coefficient (Wildman–Crippen LogP) is 3.01. The summed E-state index contributed by atoms with van der Waals surface area (Å²) in [6, 6.07) is 0.655. The van der Waals surface area contributed by atoms with E-state index in [-0.39, 0.29) is 0 Å². The Hall–Kier alpha value is -0.0400. The van der Waals surface area contributed by atoms with E-state index in [9.17, 15) is 0 Å². The highest BCUT2D eigenvalue weighted by Crippen LogP contribution is 2.32. The summed E-state index contributed by atoms with van der Waals surface area (Å²) in [6.45, 7) is 15.0. The van der Waals surface area contributed by atoms with Crippen molar-refractivity contribution in [3.8, 4) is 0 Å². The van der Waals surface area contributed by atoms with Crippen LogP contribution in [0.4, 0.5) is 0 Å². The van der Waals surface area contributed by atoms with Crippen molar-refractivity contribution in [2.75, 3.05) is 13.6 Å². The van der Waals surface area contributed by atoms with E-state index in [4.69, 9.17) is 0 Å². The molecule has 0 aromatic rings. The van der Waals surface area contributed by atoms with Crippen molar-refractivity contribution in [2.24, 2.45) is 11.3 Å². The molecular weight excluding hydrogens is 146 g/mol. The SMILES string of the molecule is CCN(C)C(C)C(C)(C)C(C)C. The van der Waals surface area contributed by atoms with Crippen molar-refractivity contribution in [3.63, 3.8) is 0 Å². The summed E-state index contributed by atoms with van der Waals surface area (Å²) in [7, 11) is 2.20. The third-order valence-corrected chi connectivity index (χ3v) is 3.72. The molecule has 1 heteroatoms. The van der Waals surface area contributed by atoms with Crippen LogP contribution in [0.5, 0.6) is 0 Å². The average molecular weight is 171 g/mol. The van der Waals surface area contributed by atoms with Gasteiger partial charge >= 0.3 is 0 Å². The molecule has 0 aliphatic carbocycles. The molecule has 1 atom stereocenters. The van der Waals surface area contributed by atoms with Crippen molar-refractivity contribution in [1.29, 1.82) is 0 Å². The highest BCUT2D eigenvalue weighted by molar-refractivity contribution is 4.83. The van der Waals surface area contributed by atoms with Gasteiger partial charge in [-0.05, 0) is 31.8 Å². The zero-order valence-electron chi connectivity index (χ0n) is 9.81. The molecular formula is C11H25N. The topological polar surface area (TPSA) is 3.24 Å². The summed E-state index contributed by atoms with van der Waals surface area (Å²) in [6.07, 6.45) is 0. The van der Waals surface area contributed by atoms with Gasteiger partial charge in [-0.25, -0.2) is 0 Å². The molecule has 0 amide bonds. The molecule has 1 unspecified atom stereocenters. The van der Waals surface area contributed by atoms with Crippen LogP contribution >= 0.6 is 0 Å². The van der Waals surface area contributed by atoms with Crippen LogP contribution in [0, 0.1) is 11.3 Å². The Kier molecular flexibility index (Phi) is 4.25. The van der Waals surface area contributed by atoms with E-state index < -0.39 is 0 Å². The van der Waals surface area contributed by atoms with Gasteiger partial charge in [0.1, 0.15) is 0 Å². The van der Waals surface area contributed by atoms with E-state index >= 15 is 0 Å². The summed E-state index contributed by atoms with van der Waals surface area (Å²) in [5.41, 5.74) is 0.408. The minimum atomic E-state index is 0.408. The summed E-state index contributed by atoms with van der Waals surface area (Å²) in [4.78, 5) is 2.42. The third kappa shape index (κ3) is 2.48. The zero-order valence-corrected chi connectivity index (χ0v) is 9.81. The van der Waals surface area contributed by atoms with Crippen LogP contribution in [0.1, 0.15) is 41.5 Å². The largest absolute Gasteiger partial charge is 0.303 e. The second-order valence-corrected chi connectivity index (χ2v) is 4.73. The van der Waals surface area contributed by atoms with Gasteiger partial charge in [-0.2, -0.15) is 0 Å². The van der Waals surface area contributed by atoms with E-state index in [1.165, 1.54) is 0 Å². The van der Waals surface area contributed by atoms with Crippen LogP contribution < -0.4 is 0 Å². The molecule has 0 spiro atoms. The van der Waals surface area contributed by atoms with Gasteiger partial charge in [0.15, 0.2) is 0 Å². The minimum Gasteiger partial charge on any atom is -0.303 e.